The van der Waals surface area contributed by atoms with E-state index in [2.05, 4.69) is 20.1 Å². The lowest BCUT2D eigenvalue weighted by Gasteiger charge is -2.12. The summed E-state index contributed by atoms with van der Waals surface area (Å²) in [5, 5.41) is 0. The van der Waals surface area contributed by atoms with Gasteiger partial charge in [-0.15, -0.1) is 0 Å². The number of benzene rings is 1. The molecule has 3 nitrogen and oxygen atoms in total. The van der Waals surface area contributed by atoms with E-state index in [-0.39, 0.29) is 0 Å². The van der Waals surface area contributed by atoms with Crippen molar-refractivity contribution in [3.8, 4) is 5.75 Å². The lowest BCUT2D eigenvalue weighted by atomic mass is 10.2. The van der Waals surface area contributed by atoms with Gasteiger partial charge in [-0.05, 0) is 22.0 Å². The maximum Gasteiger partial charge on any atom is 0.534 e. The number of alkyl halides is 5. The molecule has 0 aromatic heterocycles. The average molecular weight is 355 g/mol. The Hall–Kier alpha value is -0.900. The summed E-state index contributed by atoms with van der Waals surface area (Å²) in [6.07, 6.45) is -2.99. The van der Waals surface area contributed by atoms with Gasteiger partial charge in [0.05, 0.1) is 4.47 Å². The zero-order valence-corrected chi connectivity index (χ0v) is 10.6. The molecule has 102 valence electrons. The number of hydrogen-bond acceptors (Lipinski definition) is 3. The molecule has 0 amide bonds. The van der Waals surface area contributed by atoms with Gasteiger partial charge in [-0.3, -0.25) is 0 Å². The first-order valence-electron chi connectivity index (χ1n) is 4.13. The topological polar surface area (TPSA) is 43.4 Å². The molecular formula is C8H4BrF5O3S. The van der Waals surface area contributed by atoms with Crippen LogP contribution in [0.2, 0.25) is 0 Å². The minimum absolute atomic E-state index is 0.548. The fourth-order valence-electron chi connectivity index (χ4n) is 0.926. The van der Waals surface area contributed by atoms with Crippen LogP contribution in [0.25, 0.3) is 0 Å². The van der Waals surface area contributed by atoms with E-state index < -0.39 is 37.8 Å². The Kier molecular flexibility index (Phi) is 4.21. The molecule has 0 radical (unpaired) electrons. The maximum atomic E-state index is 12.4. The summed E-state index contributed by atoms with van der Waals surface area (Å²) in [4.78, 5) is 0. The van der Waals surface area contributed by atoms with E-state index in [1.165, 1.54) is 0 Å². The summed E-state index contributed by atoms with van der Waals surface area (Å²) in [5.41, 5.74) is -6.31. The van der Waals surface area contributed by atoms with Crippen molar-refractivity contribution in [2.45, 2.75) is 11.9 Å². The molecule has 1 rings (SSSR count). The van der Waals surface area contributed by atoms with Crippen LogP contribution >= 0.6 is 15.9 Å². The van der Waals surface area contributed by atoms with E-state index in [1.54, 1.807) is 0 Å². The van der Waals surface area contributed by atoms with Crippen molar-refractivity contribution >= 4 is 26.0 Å². The van der Waals surface area contributed by atoms with E-state index in [1.807, 2.05) is 0 Å². The minimum Gasteiger partial charge on any atom is -0.375 e. The molecule has 0 bridgehead atoms. The van der Waals surface area contributed by atoms with Gasteiger partial charge in [-0.1, -0.05) is 12.1 Å². The Labute approximate surface area is 107 Å². The monoisotopic (exact) mass is 354 g/mol. The summed E-state index contributed by atoms with van der Waals surface area (Å²) in [6, 6.07) is 2.69. The third-order valence-electron chi connectivity index (χ3n) is 1.71. The molecule has 0 spiro atoms. The van der Waals surface area contributed by atoms with Gasteiger partial charge in [0.2, 0.25) is 0 Å². The summed E-state index contributed by atoms with van der Waals surface area (Å²) in [7, 11) is -5.89. The van der Waals surface area contributed by atoms with Gasteiger partial charge in [-0.25, -0.2) is 8.78 Å². The molecule has 18 heavy (non-hydrogen) atoms. The van der Waals surface area contributed by atoms with E-state index in [9.17, 15) is 30.4 Å². The molecule has 0 saturated carbocycles. The van der Waals surface area contributed by atoms with Crippen molar-refractivity contribution in [1.29, 1.82) is 0 Å². The third-order valence-corrected chi connectivity index (χ3v) is 3.53. The fourth-order valence-corrected chi connectivity index (χ4v) is 2.02. The molecule has 0 fully saturated rings. The Morgan fingerprint density at radius 2 is 1.78 bits per heavy atom. The van der Waals surface area contributed by atoms with Crippen LogP contribution in [0.3, 0.4) is 0 Å². The first kappa shape index (κ1) is 15.2. The molecule has 0 aliphatic rings. The van der Waals surface area contributed by atoms with E-state index in [0.717, 1.165) is 18.2 Å². The van der Waals surface area contributed by atoms with Crippen LogP contribution in [0.5, 0.6) is 5.75 Å². The standard InChI is InChI=1S/C8H4BrF5O3S/c9-6-4(7(10)11)2-1-3-5(6)17-18(15,16)8(12,13)14/h1-3,7H. The summed E-state index contributed by atoms with van der Waals surface area (Å²) in [6.45, 7) is 0. The molecule has 0 heterocycles. The van der Waals surface area contributed by atoms with Gasteiger partial charge >= 0.3 is 15.6 Å². The number of hydrogen-bond donors (Lipinski definition) is 0. The molecular weight excluding hydrogens is 351 g/mol. The number of rotatable bonds is 3. The number of halogens is 6. The second-order valence-corrected chi connectivity index (χ2v) is 5.27. The molecule has 0 aliphatic heterocycles. The molecule has 0 saturated heterocycles. The predicted octanol–water partition coefficient (Wildman–Crippen LogP) is 3.62. The van der Waals surface area contributed by atoms with Crippen LogP contribution in [-0.2, 0) is 10.1 Å². The Morgan fingerprint density at radius 3 is 2.22 bits per heavy atom. The van der Waals surface area contributed by atoms with Gasteiger partial charge in [0.25, 0.3) is 6.43 Å². The first-order chi connectivity index (χ1) is 8.06. The minimum atomic E-state index is -5.89. The Morgan fingerprint density at radius 1 is 1.22 bits per heavy atom. The van der Waals surface area contributed by atoms with Crippen molar-refractivity contribution in [3.05, 3.63) is 28.2 Å². The highest BCUT2D eigenvalue weighted by molar-refractivity contribution is 9.10. The van der Waals surface area contributed by atoms with E-state index >= 15 is 0 Å². The van der Waals surface area contributed by atoms with Crippen LogP contribution in [0.4, 0.5) is 22.0 Å². The van der Waals surface area contributed by atoms with Crippen LogP contribution in [-0.4, -0.2) is 13.9 Å². The van der Waals surface area contributed by atoms with Crippen LogP contribution < -0.4 is 4.18 Å². The second kappa shape index (κ2) is 5.00. The van der Waals surface area contributed by atoms with Crippen LogP contribution in [0.15, 0.2) is 22.7 Å². The quantitative estimate of drug-likeness (QED) is 0.473. The van der Waals surface area contributed by atoms with Crippen LogP contribution in [0, 0.1) is 0 Å². The Bertz CT molecular complexity index is 540. The zero-order chi connectivity index (χ0) is 14.1. The summed E-state index contributed by atoms with van der Waals surface area (Å²) >= 11 is 2.56. The lowest BCUT2D eigenvalue weighted by molar-refractivity contribution is -0.0500. The normalized spacial score (nSPS) is 12.8. The molecule has 0 N–H and O–H groups in total. The van der Waals surface area contributed by atoms with Crippen LogP contribution in [0.1, 0.15) is 12.0 Å². The predicted molar refractivity (Wildman–Crippen MR) is 54.7 cm³/mol. The van der Waals surface area contributed by atoms with Gasteiger partial charge in [0.1, 0.15) is 0 Å². The Balaban J connectivity index is 3.19. The average Bonchev–Trinajstić information content (AvgIpc) is 2.18. The summed E-state index contributed by atoms with van der Waals surface area (Å²) < 4.78 is 85.5. The molecule has 0 unspecified atom stereocenters. The molecule has 1 aromatic rings. The van der Waals surface area contributed by atoms with Gasteiger partial charge < -0.3 is 4.18 Å². The molecule has 0 aliphatic carbocycles. The van der Waals surface area contributed by atoms with Crippen molar-refractivity contribution in [2.24, 2.45) is 0 Å². The van der Waals surface area contributed by atoms with Crippen molar-refractivity contribution in [1.82, 2.24) is 0 Å². The maximum absolute atomic E-state index is 12.4. The molecule has 1 aromatic carbocycles. The van der Waals surface area contributed by atoms with Gasteiger partial charge in [0, 0.05) is 5.56 Å². The summed E-state index contributed by atoms with van der Waals surface area (Å²) in [5.74, 6) is -0.856. The smallest absolute Gasteiger partial charge is 0.375 e. The van der Waals surface area contributed by atoms with E-state index in [4.69, 9.17) is 0 Å². The second-order valence-electron chi connectivity index (χ2n) is 2.94. The van der Waals surface area contributed by atoms with Gasteiger partial charge in [0.15, 0.2) is 5.75 Å². The zero-order valence-electron chi connectivity index (χ0n) is 8.21. The van der Waals surface area contributed by atoms with Crippen molar-refractivity contribution in [2.75, 3.05) is 0 Å². The SMILES string of the molecule is O=S(=O)(Oc1cccc(C(F)F)c1Br)C(F)(F)F. The highest BCUT2D eigenvalue weighted by Gasteiger charge is 2.48. The molecule has 10 heteroatoms. The highest BCUT2D eigenvalue weighted by atomic mass is 79.9. The third kappa shape index (κ3) is 3.10. The lowest BCUT2D eigenvalue weighted by Crippen LogP contribution is -2.28. The largest absolute Gasteiger partial charge is 0.534 e. The fraction of sp³-hybridized carbons (Fsp3) is 0.250. The van der Waals surface area contributed by atoms with E-state index in [0.29, 0.717) is 0 Å². The highest BCUT2D eigenvalue weighted by Crippen LogP contribution is 2.37. The van der Waals surface area contributed by atoms with Gasteiger partial charge in [-0.2, -0.15) is 21.6 Å². The van der Waals surface area contributed by atoms with Crippen molar-refractivity contribution in [3.63, 3.8) is 0 Å². The first-order valence-corrected chi connectivity index (χ1v) is 6.33. The van der Waals surface area contributed by atoms with Crippen molar-refractivity contribution < 1.29 is 34.6 Å². The molecule has 0 atom stereocenters.